The summed E-state index contributed by atoms with van der Waals surface area (Å²) in [6, 6.07) is 18.4. The van der Waals surface area contributed by atoms with Crippen LogP contribution >= 0.6 is 23.8 Å². The van der Waals surface area contributed by atoms with Crippen molar-refractivity contribution < 1.29 is 13.9 Å². The van der Waals surface area contributed by atoms with Crippen LogP contribution < -0.4 is 20.3 Å². The minimum absolute atomic E-state index is 0.150. The highest BCUT2D eigenvalue weighted by Crippen LogP contribution is 2.28. The molecule has 0 spiro atoms. The Bertz CT molecular complexity index is 1370. The number of methoxy groups -OCH3 is 1. The van der Waals surface area contributed by atoms with E-state index in [0.29, 0.717) is 39.0 Å². The van der Waals surface area contributed by atoms with Gasteiger partial charge in [0, 0.05) is 35.6 Å². The van der Waals surface area contributed by atoms with Crippen molar-refractivity contribution in [3.63, 3.8) is 0 Å². The number of rotatable bonds is 7. The molecule has 1 heterocycles. The lowest BCUT2D eigenvalue weighted by Gasteiger charge is -2.20. The van der Waals surface area contributed by atoms with Crippen LogP contribution in [-0.2, 0) is 0 Å². The molecule has 0 saturated heterocycles. The molecule has 0 radical (unpaired) electrons. The van der Waals surface area contributed by atoms with Crippen LogP contribution in [0.2, 0.25) is 5.02 Å². The molecule has 180 valence electrons. The average Bonchev–Trinajstić information content (AvgIpc) is 3.28. The van der Waals surface area contributed by atoms with Gasteiger partial charge in [-0.1, -0.05) is 11.6 Å². The van der Waals surface area contributed by atoms with E-state index in [2.05, 4.69) is 46.5 Å². The molecule has 0 aliphatic carbocycles. The molecule has 7 nitrogen and oxygen atoms in total. The second kappa shape index (κ2) is 10.8. The number of carbonyl (C=O) groups excluding carboxylic acids is 1. The van der Waals surface area contributed by atoms with E-state index < -0.39 is 0 Å². The SMILES string of the molecule is CCN(CC)c1ccc(-c2nc3cc(NC(=S)NC(=O)c4ccc(OC)c(Cl)c4)ccc3o2)cc1. The number of ether oxygens (including phenoxy) is 1. The van der Waals surface area contributed by atoms with E-state index in [1.54, 1.807) is 12.1 Å². The van der Waals surface area contributed by atoms with E-state index in [-0.39, 0.29) is 11.0 Å². The Hall–Kier alpha value is -3.62. The predicted octanol–water partition coefficient (Wildman–Crippen LogP) is 6.13. The van der Waals surface area contributed by atoms with Crippen molar-refractivity contribution in [3.8, 4) is 17.2 Å². The number of nitrogens with one attached hydrogen (secondary N) is 2. The first-order valence-corrected chi connectivity index (χ1v) is 11.9. The van der Waals surface area contributed by atoms with Crippen LogP contribution in [0.5, 0.6) is 5.75 Å². The van der Waals surface area contributed by atoms with Gasteiger partial charge in [0.05, 0.1) is 12.1 Å². The fraction of sp³-hybridized carbons (Fsp3) is 0.192. The smallest absolute Gasteiger partial charge is 0.257 e. The van der Waals surface area contributed by atoms with Crippen LogP contribution in [0.15, 0.2) is 65.1 Å². The number of fused-ring (bicyclic) bond motifs is 1. The third-order valence-electron chi connectivity index (χ3n) is 5.53. The van der Waals surface area contributed by atoms with Crippen molar-refractivity contribution in [3.05, 3.63) is 71.2 Å². The van der Waals surface area contributed by atoms with Gasteiger partial charge in [0.15, 0.2) is 10.7 Å². The summed E-state index contributed by atoms with van der Waals surface area (Å²) in [4.78, 5) is 19.4. The maximum atomic E-state index is 12.5. The zero-order valence-corrected chi connectivity index (χ0v) is 21.2. The number of anilines is 2. The molecule has 35 heavy (non-hydrogen) atoms. The van der Waals surface area contributed by atoms with Gasteiger partial charge in [-0.15, -0.1) is 0 Å². The van der Waals surface area contributed by atoms with Gasteiger partial charge in [-0.25, -0.2) is 4.98 Å². The third kappa shape index (κ3) is 5.55. The number of halogens is 1. The summed E-state index contributed by atoms with van der Waals surface area (Å²) in [5.41, 5.74) is 4.42. The van der Waals surface area contributed by atoms with Gasteiger partial charge < -0.3 is 19.4 Å². The highest BCUT2D eigenvalue weighted by Gasteiger charge is 2.13. The number of amides is 1. The molecular weight excluding hydrogens is 484 g/mol. The van der Waals surface area contributed by atoms with Crippen molar-refractivity contribution >= 4 is 57.3 Å². The summed E-state index contributed by atoms with van der Waals surface area (Å²) < 4.78 is 11.1. The lowest BCUT2D eigenvalue weighted by atomic mass is 10.2. The van der Waals surface area contributed by atoms with Crippen molar-refractivity contribution in [1.29, 1.82) is 0 Å². The monoisotopic (exact) mass is 508 g/mol. The van der Waals surface area contributed by atoms with E-state index in [1.165, 1.54) is 13.2 Å². The van der Waals surface area contributed by atoms with Gasteiger partial charge in [0.25, 0.3) is 5.91 Å². The van der Waals surface area contributed by atoms with Crippen molar-refractivity contribution in [1.82, 2.24) is 10.3 Å². The van der Waals surface area contributed by atoms with E-state index in [4.69, 9.17) is 33.0 Å². The molecule has 2 N–H and O–H groups in total. The van der Waals surface area contributed by atoms with Gasteiger partial charge in [0.1, 0.15) is 11.3 Å². The molecule has 1 aromatic heterocycles. The number of oxazole rings is 1. The standard InChI is InChI=1S/C26H25ClN4O3S/c1-4-31(5-2)19-10-6-16(7-11-19)25-29-21-15-18(9-13-23(21)34-25)28-26(35)30-24(32)17-8-12-22(33-3)20(27)14-17/h6-15H,4-5H2,1-3H3,(H2,28,30,32,35). The quantitative estimate of drug-likeness (QED) is 0.291. The molecule has 0 bridgehead atoms. The zero-order chi connectivity index (χ0) is 24.9. The second-order valence-electron chi connectivity index (χ2n) is 7.68. The lowest BCUT2D eigenvalue weighted by molar-refractivity contribution is 0.0977. The molecule has 9 heteroatoms. The molecule has 0 aliphatic heterocycles. The minimum Gasteiger partial charge on any atom is -0.495 e. The first kappa shape index (κ1) is 24.5. The highest BCUT2D eigenvalue weighted by atomic mass is 35.5. The number of nitrogens with zero attached hydrogens (tertiary/aromatic N) is 2. The van der Waals surface area contributed by atoms with Crippen LogP contribution in [0.25, 0.3) is 22.6 Å². The highest BCUT2D eigenvalue weighted by molar-refractivity contribution is 7.80. The van der Waals surface area contributed by atoms with Gasteiger partial charge in [-0.2, -0.15) is 0 Å². The van der Waals surface area contributed by atoms with Crippen LogP contribution in [0.1, 0.15) is 24.2 Å². The Morgan fingerprint density at radius 2 is 1.83 bits per heavy atom. The van der Waals surface area contributed by atoms with E-state index in [1.807, 2.05) is 30.3 Å². The maximum absolute atomic E-state index is 12.5. The number of aromatic nitrogens is 1. The molecule has 1 amide bonds. The van der Waals surface area contributed by atoms with Crippen molar-refractivity contribution in [2.75, 3.05) is 30.4 Å². The first-order chi connectivity index (χ1) is 16.9. The van der Waals surface area contributed by atoms with E-state index in [9.17, 15) is 4.79 Å². The topological polar surface area (TPSA) is 79.6 Å². The van der Waals surface area contributed by atoms with Gasteiger partial charge in [-0.3, -0.25) is 10.1 Å². The van der Waals surface area contributed by atoms with E-state index in [0.717, 1.165) is 24.3 Å². The summed E-state index contributed by atoms with van der Waals surface area (Å²) in [5.74, 6) is 0.643. The summed E-state index contributed by atoms with van der Waals surface area (Å²) in [6.07, 6.45) is 0. The Labute approximate surface area is 214 Å². The molecule has 4 rings (SSSR count). The molecule has 0 aliphatic rings. The molecule has 4 aromatic rings. The van der Waals surface area contributed by atoms with Gasteiger partial charge in [0.2, 0.25) is 5.89 Å². The lowest BCUT2D eigenvalue weighted by Crippen LogP contribution is -2.34. The molecule has 0 atom stereocenters. The summed E-state index contributed by atoms with van der Waals surface area (Å²) >= 11 is 11.4. The molecular formula is C26H25ClN4O3S. The number of carbonyl (C=O) groups is 1. The van der Waals surface area contributed by atoms with Crippen LogP contribution in [0, 0.1) is 0 Å². The van der Waals surface area contributed by atoms with Crippen LogP contribution in [0.3, 0.4) is 0 Å². The average molecular weight is 509 g/mol. The third-order valence-corrected chi connectivity index (χ3v) is 6.03. The maximum Gasteiger partial charge on any atom is 0.257 e. The predicted molar refractivity (Wildman–Crippen MR) is 145 cm³/mol. The molecule has 3 aromatic carbocycles. The van der Waals surface area contributed by atoms with Crippen LogP contribution in [-0.4, -0.2) is 36.2 Å². The minimum atomic E-state index is -0.384. The fourth-order valence-corrected chi connectivity index (χ4v) is 4.15. The summed E-state index contributed by atoms with van der Waals surface area (Å²) in [6.45, 7) is 6.17. The molecule has 0 saturated carbocycles. The Morgan fingerprint density at radius 3 is 2.49 bits per heavy atom. The first-order valence-electron chi connectivity index (χ1n) is 11.1. The van der Waals surface area contributed by atoms with Gasteiger partial charge in [-0.05, 0) is 86.7 Å². The largest absolute Gasteiger partial charge is 0.495 e. The van der Waals surface area contributed by atoms with Crippen molar-refractivity contribution in [2.24, 2.45) is 0 Å². The van der Waals surface area contributed by atoms with E-state index >= 15 is 0 Å². The summed E-state index contributed by atoms with van der Waals surface area (Å²) in [7, 11) is 1.51. The number of hydrogen-bond donors (Lipinski definition) is 2. The fourth-order valence-electron chi connectivity index (χ4n) is 3.68. The second-order valence-corrected chi connectivity index (χ2v) is 8.49. The Morgan fingerprint density at radius 1 is 1.09 bits per heavy atom. The number of benzene rings is 3. The molecule has 0 fully saturated rings. The van der Waals surface area contributed by atoms with Crippen LogP contribution in [0.4, 0.5) is 11.4 Å². The Kier molecular flexibility index (Phi) is 7.53. The normalized spacial score (nSPS) is 10.7. The number of hydrogen-bond acceptors (Lipinski definition) is 6. The molecule has 0 unspecified atom stereocenters. The summed E-state index contributed by atoms with van der Waals surface area (Å²) in [5, 5.41) is 6.15. The van der Waals surface area contributed by atoms with Crippen molar-refractivity contribution in [2.45, 2.75) is 13.8 Å². The zero-order valence-electron chi connectivity index (χ0n) is 19.6. The Balaban J connectivity index is 1.45. The number of thiocarbonyl (C=S) groups is 1. The van der Waals surface area contributed by atoms with Gasteiger partial charge >= 0.3 is 0 Å².